The number of thiophene rings is 1. The van der Waals surface area contributed by atoms with Crippen molar-refractivity contribution in [3.8, 4) is 5.69 Å². The fraction of sp³-hybridized carbons (Fsp3) is 0.136. The number of oxazole rings is 1. The molecule has 8 heteroatoms. The lowest BCUT2D eigenvalue weighted by Gasteiger charge is -2.10. The lowest BCUT2D eigenvalue weighted by Crippen LogP contribution is -2.15. The summed E-state index contributed by atoms with van der Waals surface area (Å²) < 4.78 is 9.09. The van der Waals surface area contributed by atoms with Crippen molar-refractivity contribution in [2.75, 3.05) is 5.75 Å². The number of aromatic nitrogens is 4. The molecule has 0 saturated heterocycles. The summed E-state index contributed by atoms with van der Waals surface area (Å²) >= 11 is 3.30. The summed E-state index contributed by atoms with van der Waals surface area (Å²) in [5, 5.41) is 11.8. The van der Waals surface area contributed by atoms with Crippen LogP contribution in [0.15, 0.2) is 86.5 Å². The van der Waals surface area contributed by atoms with Crippen molar-refractivity contribution in [1.29, 1.82) is 0 Å². The molecule has 0 spiro atoms. The second kappa shape index (κ2) is 8.33. The molecule has 5 aromatic rings. The molecule has 0 atom stereocenters. The number of rotatable bonds is 7. The van der Waals surface area contributed by atoms with Crippen LogP contribution in [0.3, 0.4) is 0 Å². The number of fused-ring (bicyclic) bond motifs is 1. The Morgan fingerprint density at radius 1 is 0.967 bits per heavy atom. The number of benzene rings is 2. The maximum atomic E-state index is 12.2. The molecule has 0 saturated carbocycles. The van der Waals surface area contributed by atoms with Crippen LogP contribution in [0.2, 0.25) is 0 Å². The minimum Gasteiger partial charge on any atom is -0.408 e. The van der Waals surface area contributed by atoms with Gasteiger partial charge in [0.15, 0.2) is 10.7 Å². The topological polar surface area (TPSA) is 65.8 Å². The summed E-state index contributed by atoms with van der Waals surface area (Å²) in [6, 6.07) is 21.8. The molecule has 0 aliphatic rings. The number of thioether (sulfide) groups is 1. The van der Waals surface area contributed by atoms with Crippen molar-refractivity contribution in [1.82, 2.24) is 19.3 Å². The molecule has 0 aliphatic carbocycles. The Labute approximate surface area is 180 Å². The van der Waals surface area contributed by atoms with Gasteiger partial charge in [0.2, 0.25) is 0 Å². The highest BCUT2D eigenvalue weighted by atomic mass is 32.2. The Bertz CT molecular complexity index is 1320. The monoisotopic (exact) mass is 434 g/mol. The lowest BCUT2D eigenvalue weighted by molar-refractivity contribution is 0.514. The van der Waals surface area contributed by atoms with E-state index in [1.54, 1.807) is 27.7 Å². The predicted octanol–water partition coefficient (Wildman–Crippen LogP) is 4.62. The molecule has 0 N–H and O–H groups in total. The number of aryl methyl sites for hydroxylation is 1. The van der Waals surface area contributed by atoms with E-state index in [2.05, 4.69) is 38.3 Å². The Balaban J connectivity index is 1.41. The van der Waals surface area contributed by atoms with Crippen molar-refractivity contribution >= 4 is 34.2 Å². The Morgan fingerprint density at radius 2 is 1.80 bits per heavy atom. The van der Waals surface area contributed by atoms with Crippen LogP contribution in [0, 0.1) is 0 Å². The summed E-state index contributed by atoms with van der Waals surface area (Å²) in [6.07, 6.45) is 0.728. The second-order valence-electron chi connectivity index (χ2n) is 6.66. The number of para-hydroxylation sites is 3. The molecule has 2 aromatic carbocycles. The first-order valence-corrected chi connectivity index (χ1v) is 11.4. The molecule has 3 aromatic heterocycles. The van der Waals surface area contributed by atoms with Gasteiger partial charge in [-0.05, 0) is 35.7 Å². The Kier molecular flexibility index (Phi) is 5.25. The molecule has 3 heterocycles. The highest BCUT2D eigenvalue weighted by molar-refractivity contribution is 7.99. The zero-order valence-electron chi connectivity index (χ0n) is 16.0. The molecule has 0 radical (unpaired) electrons. The van der Waals surface area contributed by atoms with E-state index in [0.29, 0.717) is 17.9 Å². The molecule has 30 heavy (non-hydrogen) atoms. The van der Waals surface area contributed by atoms with Crippen molar-refractivity contribution in [3.63, 3.8) is 0 Å². The molecule has 0 fully saturated rings. The first-order chi connectivity index (χ1) is 14.8. The van der Waals surface area contributed by atoms with Gasteiger partial charge >= 0.3 is 5.76 Å². The second-order valence-corrected chi connectivity index (χ2v) is 8.76. The van der Waals surface area contributed by atoms with Gasteiger partial charge < -0.3 is 4.42 Å². The van der Waals surface area contributed by atoms with Gasteiger partial charge in [0, 0.05) is 29.3 Å². The van der Waals surface area contributed by atoms with Crippen LogP contribution >= 0.6 is 23.1 Å². The predicted molar refractivity (Wildman–Crippen MR) is 120 cm³/mol. The van der Waals surface area contributed by atoms with Crippen LogP contribution in [0.4, 0.5) is 0 Å². The summed E-state index contributed by atoms with van der Waals surface area (Å²) in [4.78, 5) is 13.4. The molecule has 5 rings (SSSR count). The standard InChI is InChI=1S/C22H18N4O2S2/c27-22-25(18-10-4-5-11-19(18)28-22)12-14-30-21-24-23-20(15-17-9-6-13-29-17)26(21)16-7-2-1-3-8-16/h1-11,13H,12,14-15H2. The molecular formula is C22H18N4O2S2. The van der Waals surface area contributed by atoms with Gasteiger partial charge in [0.25, 0.3) is 0 Å². The molecule has 6 nitrogen and oxygen atoms in total. The lowest BCUT2D eigenvalue weighted by atomic mass is 10.3. The van der Waals surface area contributed by atoms with E-state index in [1.165, 1.54) is 4.88 Å². The number of hydrogen-bond acceptors (Lipinski definition) is 6. The molecule has 0 amide bonds. The van der Waals surface area contributed by atoms with Crippen LogP contribution in [0.25, 0.3) is 16.8 Å². The largest absolute Gasteiger partial charge is 0.419 e. The van der Waals surface area contributed by atoms with E-state index >= 15 is 0 Å². The average Bonchev–Trinajstić information content (AvgIpc) is 3.49. The van der Waals surface area contributed by atoms with Crippen molar-refractivity contribution < 1.29 is 4.42 Å². The molecular weight excluding hydrogens is 416 g/mol. The number of hydrogen-bond donors (Lipinski definition) is 0. The molecule has 150 valence electrons. The van der Waals surface area contributed by atoms with Crippen molar-refractivity contribution in [2.24, 2.45) is 0 Å². The van der Waals surface area contributed by atoms with E-state index in [9.17, 15) is 4.79 Å². The molecule has 0 unspecified atom stereocenters. The maximum absolute atomic E-state index is 12.2. The van der Waals surface area contributed by atoms with Gasteiger partial charge in [-0.15, -0.1) is 21.5 Å². The van der Waals surface area contributed by atoms with E-state index in [-0.39, 0.29) is 5.76 Å². The van der Waals surface area contributed by atoms with E-state index in [4.69, 9.17) is 4.42 Å². The fourth-order valence-corrected chi connectivity index (χ4v) is 4.96. The molecule has 0 aliphatic heterocycles. The number of nitrogens with zero attached hydrogens (tertiary/aromatic N) is 4. The van der Waals surface area contributed by atoms with Crippen LogP contribution in [0.1, 0.15) is 10.7 Å². The minimum absolute atomic E-state index is 0.334. The van der Waals surface area contributed by atoms with Gasteiger partial charge in [-0.25, -0.2) is 4.79 Å². The van der Waals surface area contributed by atoms with Crippen LogP contribution in [-0.4, -0.2) is 25.1 Å². The minimum atomic E-state index is -0.334. The third-order valence-electron chi connectivity index (χ3n) is 4.75. The van der Waals surface area contributed by atoms with E-state index < -0.39 is 0 Å². The van der Waals surface area contributed by atoms with Gasteiger partial charge in [-0.3, -0.25) is 9.13 Å². The SMILES string of the molecule is O=c1oc2ccccc2n1CCSc1nnc(Cc2cccs2)n1-c1ccccc1. The smallest absolute Gasteiger partial charge is 0.408 e. The summed E-state index contributed by atoms with van der Waals surface area (Å²) in [5.74, 6) is 1.24. The Hall–Kier alpha value is -3.10. The molecule has 0 bridgehead atoms. The summed E-state index contributed by atoms with van der Waals surface area (Å²) in [7, 11) is 0. The highest BCUT2D eigenvalue weighted by Gasteiger charge is 2.16. The van der Waals surface area contributed by atoms with Gasteiger partial charge in [0.05, 0.1) is 5.52 Å². The normalized spacial score (nSPS) is 11.3. The quantitative estimate of drug-likeness (QED) is 0.350. The zero-order valence-corrected chi connectivity index (χ0v) is 17.6. The third kappa shape index (κ3) is 3.71. The van der Waals surface area contributed by atoms with Crippen LogP contribution < -0.4 is 5.76 Å². The maximum Gasteiger partial charge on any atom is 0.419 e. The average molecular weight is 435 g/mol. The fourth-order valence-electron chi connectivity index (χ4n) is 3.37. The highest BCUT2D eigenvalue weighted by Crippen LogP contribution is 2.25. The van der Waals surface area contributed by atoms with Gasteiger partial charge in [-0.1, -0.05) is 48.2 Å². The Morgan fingerprint density at radius 3 is 2.63 bits per heavy atom. The van der Waals surface area contributed by atoms with Crippen molar-refractivity contribution in [3.05, 3.63) is 93.4 Å². The van der Waals surface area contributed by atoms with Crippen LogP contribution in [0.5, 0.6) is 0 Å². The summed E-state index contributed by atoms with van der Waals surface area (Å²) in [5.41, 5.74) is 2.45. The van der Waals surface area contributed by atoms with E-state index in [0.717, 1.165) is 28.6 Å². The van der Waals surface area contributed by atoms with Crippen LogP contribution in [-0.2, 0) is 13.0 Å². The van der Waals surface area contributed by atoms with Gasteiger partial charge in [0.1, 0.15) is 5.82 Å². The zero-order chi connectivity index (χ0) is 20.3. The third-order valence-corrected chi connectivity index (χ3v) is 6.53. The first-order valence-electron chi connectivity index (χ1n) is 9.53. The van der Waals surface area contributed by atoms with Gasteiger partial charge in [-0.2, -0.15) is 0 Å². The van der Waals surface area contributed by atoms with E-state index in [1.807, 2.05) is 48.5 Å². The summed E-state index contributed by atoms with van der Waals surface area (Å²) in [6.45, 7) is 0.530. The van der Waals surface area contributed by atoms with Crippen molar-refractivity contribution in [2.45, 2.75) is 18.1 Å². The first kappa shape index (κ1) is 18.9.